The largest absolute Gasteiger partial charge is 0.276 e. The van der Waals surface area contributed by atoms with Crippen molar-refractivity contribution >= 4 is 34.7 Å². The standard InChI is InChI=1S/C24H17N3O5/c1-16-7-10-21(15-22(16)27(31)32)25-23(18-5-3-2-4-6-18)14-19(24(25)28)13-17-8-11-20(12-9-17)26(29)30/h2-15H,1H3/b19-13+. The fourth-order valence-electron chi connectivity index (χ4n) is 3.50. The lowest BCUT2D eigenvalue weighted by molar-refractivity contribution is -0.385. The molecule has 0 N–H and O–H groups in total. The van der Waals surface area contributed by atoms with E-state index in [0.29, 0.717) is 28.1 Å². The molecule has 0 saturated heterocycles. The van der Waals surface area contributed by atoms with Crippen LogP contribution >= 0.6 is 0 Å². The summed E-state index contributed by atoms with van der Waals surface area (Å²) in [5, 5.41) is 22.3. The molecule has 0 atom stereocenters. The van der Waals surface area contributed by atoms with Gasteiger partial charge in [0.1, 0.15) is 0 Å². The van der Waals surface area contributed by atoms with Crippen molar-refractivity contribution in [2.24, 2.45) is 0 Å². The molecule has 1 heterocycles. The number of rotatable bonds is 5. The van der Waals surface area contributed by atoms with E-state index in [-0.39, 0.29) is 17.3 Å². The van der Waals surface area contributed by atoms with E-state index >= 15 is 0 Å². The van der Waals surface area contributed by atoms with Crippen LogP contribution in [0.5, 0.6) is 0 Å². The van der Waals surface area contributed by atoms with Crippen LogP contribution in [0.25, 0.3) is 11.8 Å². The Morgan fingerprint density at radius 3 is 2.19 bits per heavy atom. The maximum Gasteiger partial charge on any atom is 0.274 e. The van der Waals surface area contributed by atoms with Crippen LogP contribution in [0, 0.1) is 27.2 Å². The van der Waals surface area contributed by atoms with Crippen molar-refractivity contribution in [3.63, 3.8) is 0 Å². The van der Waals surface area contributed by atoms with Gasteiger partial charge in [-0.1, -0.05) is 36.4 Å². The fraction of sp³-hybridized carbons (Fsp3) is 0.0417. The van der Waals surface area contributed by atoms with Crippen molar-refractivity contribution in [3.8, 4) is 0 Å². The van der Waals surface area contributed by atoms with Crippen LogP contribution in [0.15, 0.2) is 84.4 Å². The van der Waals surface area contributed by atoms with E-state index < -0.39 is 9.85 Å². The predicted molar refractivity (Wildman–Crippen MR) is 121 cm³/mol. The van der Waals surface area contributed by atoms with Gasteiger partial charge >= 0.3 is 0 Å². The lowest BCUT2D eigenvalue weighted by Gasteiger charge is -2.21. The Hall–Kier alpha value is -4.59. The third-order valence-corrected chi connectivity index (χ3v) is 5.13. The van der Waals surface area contributed by atoms with E-state index in [0.717, 1.165) is 5.56 Å². The molecular formula is C24H17N3O5. The van der Waals surface area contributed by atoms with E-state index in [4.69, 9.17) is 0 Å². The Morgan fingerprint density at radius 2 is 1.56 bits per heavy atom. The Balaban J connectivity index is 1.81. The van der Waals surface area contributed by atoms with Crippen LogP contribution in [0.4, 0.5) is 17.1 Å². The highest BCUT2D eigenvalue weighted by molar-refractivity contribution is 6.23. The van der Waals surface area contributed by atoms with Crippen LogP contribution in [-0.4, -0.2) is 15.8 Å². The van der Waals surface area contributed by atoms with E-state index in [1.165, 1.54) is 23.1 Å². The number of benzene rings is 3. The molecule has 0 spiro atoms. The van der Waals surface area contributed by atoms with Crippen LogP contribution in [0.1, 0.15) is 16.7 Å². The lowest BCUT2D eigenvalue weighted by Crippen LogP contribution is -2.25. The summed E-state index contributed by atoms with van der Waals surface area (Å²) in [6.45, 7) is 1.64. The fourth-order valence-corrected chi connectivity index (χ4v) is 3.50. The molecule has 4 rings (SSSR count). The molecule has 0 saturated carbocycles. The molecule has 0 fully saturated rings. The Bertz CT molecular complexity index is 1290. The van der Waals surface area contributed by atoms with Gasteiger partial charge in [0.25, 0.3) is 17.3 Å². The average Bonchev–Trinajstić information content (AvgIpc) is 3.11. The molecule has 158 valence electrons. The van der Waals surface area contributed by atoms with Crippen molar-refractivity contribution < 1.29 is 14.6 Å². The zero-order chi connectivity index (χ0) is 22.8. The number of anilines is 1. The molecule has 8 nitrogen and oxygen atoms in total. The first-order chi connectivity index (χ1) is 15.3. The minimum atomic E-state index is -0.489. The van der Waals surface area contributed by atoms with Gasteiger partial charge in [-0.15, -0.1) is 0 Å². The second-order valence-corrected chi connectivity index (χ2v) is 7.21. The third-order valence-electron chi connectivity index (χ3n) is 5.13. The first-order valence-corrected chi connectivity index (χ1v) is 9.68. The molecule has 1 amide bonds. The number of carbonyl (C=O) groups excluding carboxylic acids is 1. The van der Waals surface area contributed by atoms with Gasteiger partial charge in [0.2, 0.25) is 0 Å². The monoisotopic (exact) mass is 427 g/mol. The van der Waals surface area contributed by atoms with Crippen LogP contribution in [0.2, 0.25) is 0 Å². The number of nitro groups is 2. The summed E-state index contributed by atoms with van der Waals surface area (Å²) in [5.41, 5.74) is 3.11. The topological polar surface area (TPSA) is 107 Å². The summed E-state index contributed by atoms with van der Waals surface area (Å²) < 4.78 is 0. The van der Waals surface area contributed by atoms with Crippen LogP contribution < -0.4 is 4.90 Å². The molecule has 0 radical (unpaired) electrons. The number of hydrogen-bond acceptors (Lipinski definition) is 5. The minimum Gasteiger partial charge on any atom is -0.276 e. The number of nitro benzene ring substituents is 2. The van der Waals surface area contributed by atoms with Crippen LogP contribution in [0.3, 0.4) is 0 Å². The predicted octanol–water partition coefficient (Wildman–Crippen LogP) is 5.28. The molecule has 1 aliphatic rings. The maximum atomic E-state index is 13.4. The van der Waals surface area contributed by atoms with Crippen molar-refractivity contribution in [1.82, 2.24) is 0 Å². The summed E-state index contributed by atoms with van der Waals surface area (Å²) >= 11 is 0. The van der Waals surface area contributed by atoms with Crippen molar-refractivity contribution in [3.05, 3.63) is 121 Å². The van der Waals surface area contributed by atoms with Gasteiger partial charge in [-0.2, -0.15) is 0 Å². The minimum absolute atomic E-state index is 0.0426. The number of nitrogens with zero attached hydrogens (tertiary/aromatic N) is 3. The van der Waals surface area contributed by atoms with Crippen molar-refractivity contribution in [2.45, 2.75) is 6.92 Å². The smallest absolute Gasteiger partial charge is 0.274 e. The number of aryl methyl sites for hydroxylation is 1. The average molecular weight is 427 g/mol. The second kappa shape index (κ2) is 8.27. The number of carbonyl (C=O) groups is 1. The zero-order valence-electron chi connectivity index (χ0n) is 17.0. The summed E-state index contributed by atoms with van der Waals surface area (Å²) in [4.78, 5) is 36.2. The lowest BCUT2D eigenvalue weighted by atomic mass is 10.1. The summed E-state index contributed by atoms with van der Waals surface area (Å²) in [6.07, 6.45) is 3.35. The van der Waals surface area contributed by atoms with Gasteiger partial charge in [-0.25, -0.2) is 0 Å². The van der Waals surface area contributed by atoms with Gasteiger partial charge in [-0.05, 0) is 48.4 Å². The molecule has 3 aromatic carbocycles. The first-order valence-electron chi connectivity index (χ1n) is 9.68. The van der Waals surface area contributed by atoms with Crippen molar-refractivity contribution in [1.29, 1.82) is 0 Å². The Kier molecular flexibility index (Phi) is 5.34. The molecule has 32 heavy (non-hydrogen) atoms. The van der Waals surface area contributed by atoms with E-state index in [1.54, 1.807) is 43.3 Å². The van der Waals surface area contributed by atoms with Gasteiger partial charge in [0.05, 0.1) is 21.2 Å². The molecule has 0 bridgehead atoms. The molecule has 8 heteroatoms. The zero-order valence-corrected chi connectivity index (χ0v) is 17.0. The SMILES string of the molecule is Cc1ccc(N2C(=O)/C(=C/c3ccc([N+](=O)[O-])cc3)C=C2c2ccccc2)cc1[N+](=O)[O-]. The highest BCUT2D eigenvalue weighted by Crippen LogP contribution is 2.37. The van der Waals surface area contributed by atoms with E-state index in [1.807, 2.05) is 30.3 Å². The maximum absolute atomic E-state index is 13.4. The van der Waals surface area contributed by atoms with Gasteiger partial charge < -0.3 is 0 Å². The highest BCUT2D eigenvalue weighted by Gasteiger charge is 2.31. The molecular weight excluding hydrogens is 410 g/mol. The molecule has 0 aromatic heterocycles. The Labute approximate surface area is 183 Å². The second-order valence-electron chi connectivity index (χ2n) is 7.21. The number of amides is 1. The van der Waals surface area contributed by atoms with Crippen LogP contribution in [-0.2, 0) is 4.79 Å². The summed E-state index contributed by atoms with van der Waals surface area (Å²) in [5.74, 6) is -0.347. The third kappa shape index (κ3) is 3.89. The molecule has 0 unspecified atom stereocenters. The summed E-state index contributed by atoms with van der Waals surface area (Å²) in [7, 11) is 0. The normalized spacial score (nSPS) is 14.5. The Morgan fingerprint density at radius 1 is 0.875 bits per heavy atom. The molecule has 3 aromatic rings. The number of non-ortho nitro benzene ring substituents is 1. The highest BCUT2D eigenvalue weighted by atomic mass is 16.6. The van der Waals surface area contributed by atoms with E-state index in [9.17, 15) is 25.0 Å². The van der Waals surface area contributed by atoms with Gasteiger partial charge in [0, 0.05) is 29.3 Å². The quantitative estimate of drug-likeness (QED) is 0.313. The summed E-state index contributed by atoms with van der Waals surface area (Å²) in [6, 6.07) is 19.8. The first kappa shape index (κ1) is 20.7. The van der Waals surface area contributed by atoms with Gasteiger partial charge in [-0.3, -0.25) is 29.9 Å². The molecule has 0 aliphatic carbocycles. The van der Waals surface area contributed by atoms with E-state index in [2.05, 4.69) is 0 Å². The number of hydrogen-bond donors (Lipinski definition) is 0. The van der Waals surface area contributed by atoms with Gasteiger partial charge in [0.15, 0.2) is 0 Å². The van der Waals surface area contributed by atoms with Crippen molar-refractivity contribution in [2.75, 3.05) is 4.90 Å². The molecule has 1 aliphatic heterocycles.